The number of hydrogen-bond donors (Lipinski definition) is 3. The Labute approximate surface area is 118 Å². The molecular weight excluding hydrogens is 256 g/mol. The van der Waals surface area contributed by atoms with Crippen LogP contribution in [0.25, 0.3) is 0 Å². The molecular formula is C14H20N4O2. The maximum Gasteiger partial charge on any atom is 0.255 e. The van der Waals surface area contributed by atoms with E-state index in [1.165, 1.54) is 0 Å². The van der Waals surface area contributed by atoms with Crippen molar-refractivity contribution in [2.75, 3.05) is 13.6 Å². The number of rotatable bonds is 6. The highest BCUT2D eigenvalue weighted by Gasteiger charge is 2.28. The van der Waals surface area contributed by atoms with Crippen LogP contribution < -0.4 is 16.6 Å². The monoisotopic (exact) mass is 276 g/mol. The first kappa shape index (κ1) is 14.5. The molecule has 0 heterocycles. The molecule has 6 heteroatoms. The van der Waals surface area contributed by atoms with Crippen molar-refractivity contribution in [2.24, 2.45) is 5.84 Å². The molecule has 1 aromatic carbocycles. The molecule has 1 aromatic rings. The van der Waals surface area contributed by atoms with Crippen LogP contribution in [0.15, 0.2) is 30.3 Å². The Balaban J connectivity index is 2.05. The van der Waals surface area contributed by atoms with Crippen molar-refractivity contribution < 1.29 is 9.59 Å². The summed E-state index contributed by atoms with van der Waals surface area (Å²) in [7, 11) is 1.74. The lowest BCUT2D eigenvalue weighted by molar-refractivity contribution is -0.128. The molecule has 4 N–H and O–H groups in total. The fraction of sp³-hybridized carbons (Fsp3) is 0.429. The van der Waals surface area contributed by atoms with Crippen molar-refractivity contribution >= 4 is 11.8 Å². The lowest BCUT2D eigenvalue weighted by Crippen LogP contribution is -2.45. The average molecular weight is 276 g/mol. The SMILES string of the molecule is CN(CC(=O)NC1CC1)C(C(=O)NN)c1ccccc1. The summed E-state index contributed by atoms with van der Waals surface area (Å²) in [6.45, 7) is 0.156. The van der Waals surface area contributed by atoms with Gasteiger partial charge in [0.05, 0.1) is 6.54 Å². The van der Waals surface area contributed by atoms with Gasteiger partial charge >= 0.3 is 0 Å². The van der Waals surface area contributed by atoms with Gasteiger partial charge in [0.25, 0.3) is 5.91 Å². The second-order valence-electron chi connectivity index (χ2n) is 5.08. The van der Waals surface area contributed by atoms with E-state index in [0.717, 1.165) is 18.4 Å². The molecule has 0 saturated heterocycles. The third-order valence-corrected chi connectivity index (χ3v) is 3.28. The van der Waals surface area contributed by atoms with Crippen LogP contribution in [0.1, 0.15) is 24.4 Å². The maximum absolute atomic E-state index is 12.0. The number of amides is 2. The molecule has 0 aliphatic heterocycles. The van der Waals surface area contributed by atoms with Crippen molar-refractivity contribution in [3.05, 3.63) is 35.9 Å². The number of carbonyl (C=O) groups is 2. The van der Waals surface area contributed by atoms with E-state index in [-0.39, 0.29) is 18.4 Å². The van der Waals surface area contributed by atoms with Crippen molar-refractivity contribution in [1.82, 2.24) is 15.6 Å². The van der Waals surface area contributed by atoms with Crippen molar-refractivity contribution in [3.63, 3.8) is 0 Å². The molecule has 0 spiro atoms. The molecule has 1 fully saturated rings. The van der Waals surface area contributed by atoms with Gasteiger partial charge in [0.1, 0.15) is 6.04 Å². The van der Waals surface area contributed by atoms with Crippen LogP contribution in [0.3, 0.4) is 0 Å². The molecule has 0 radical (unpaired) electrons. The zero-order chi connectivity index (χ0) is 14.5. The van der Waals surface area contributed by atoms with Crippen LogP contribution in [-0.2, 0) is 9.59 Å². The molecule has 1 saturated carbocycles. The maximum atomic E-state index is 12.0. The fourth-order valence-electron chi connectivity index (χ4n) is 2.14. The minimum Gasteiger partial charge on any atom is -0.352 e. The largest absolute Gasteiger partial charge is 0.352 e. The lowest BCUT2D eigenvalue weighted by Gasteiger charge is -2.26. The molecule has 6 nitrogen and oxygen atoms in total. The predicted molar refractivity (Wildman–Crippen MR) is 75.3 cm³/mol. The highest BCUT2D eigenvalue weighted by molar-refractivity contribution is 5.84. The summed E-state index contributed by atoms with van der Waals surface area (Å²) in [4.78, 5) is 25.5. The van der Waals surface area contributed by atoms with Gasteiger partial charge in [-0.15, -0.1) is 0 Å². The third kappa shape index (κ3) is 3.79. The van der Waals surface area contributed by atoms with Gasteiger partial charge in [0.15, 0.2) is 0 Å². The van der Waals surface area contributed by atoms with E-state index in [1.54, 1.807) is 11.9 Å². The van der Waals surface area contributed by atoms with Crippen LogP contribution >= 0.6 is 0 Å². The van der Waals surface area contributed by atoms with E-state index in [2.05, 4.69) is 10.7 Å². The summed E-state index contributed by atoms with van der Waals surface area (Å²) in [5.41, 5.74) is 2.96. The molecule has 0 bridgehead atoms. The van der Waals surface area contributed by atoms with Crippen LogP contribution in [0.4, 0.5) is 0 Å². The van der Waals surface area contributed by atoms with E-state index in [0.29, 0.717) is 6.04 Å². The summed E-state index contributed by atoms with van der Waals surface area (Å²) < 4.78 is 0. The number of carbonyl (C=O) groups excluding carboxylic acids is 2. The summed E-state index contributed by atoms with van der Waals surface area (Å²) in [6, 6.07) is 9.00. The van der Waals surface area contributed by atoms with Crippen LogP contribution in [0, 0.1) is 0 Å². The molecule has 2 amide bonds. The van der Waals surface area contributed by atoms with Gasteiger partial charge < -0.3 is 5.32 Å². The minimum absolute atomic E-state index is 0.0687. The van der Waals surface area contributed by atoms with Gasteiger partial charge in [-0.3, -0.25) is 19.9 Å². The topological polar surface area (TPSA) is 87.5 Å². The summed E-state index contributed by atoms with van der Waals surface area (Å²) >= 11 is 0. The van der Waals surface area contributed by atoms with Gasteiger partial charge in [0.2, 0.25) is 5.91 Å². The number of nitrogens with one attached hydrogen (secondary N) is 2. The van der Waals surface area contributed by atoms with Gasteiger partial charge in [-0.05, 0) is 25.5 Å². The Morgan fingerprint density at radius 3 is 2.55 bits per heavy atom. The first-order valence-electron chi connectivity index (χ1n) is 6.67. The van der Waals surface area contributed by atoms with Gasteiger partial charge in [0, 0.05) is 6.04 Å². The fourth-order valence-corrected chi connectivity index (χ4v) is 2.14. The van der Waals surface area contributed by atoms with Gasteiger partial charge in [-0.25, -0.2) is 5.84 Å². The van der Waals surface area contributed by atoms with Crippen LogP contribution in [-0.4, -0.2) is 36.3 Å². The standard InChI is InChI=1S/C14H20N4O2/c1-18(9-12(19)16-11-7-8-11)13(14(20)17-15)10-5-3-2-4-6-10/h2-6,11,13H,7-9,15H2,1H3,(H,16,19)(H,17,20). The van der Waals surface area contributed by atoms with Gasteiger partial charge in [-0.1, -0.05) is 30.3 Å². The Bertz CT molecular complexity index is 473. The summed E-state index contributed by atoms with van der Waals surface area (Å²) in [5.74, 6) is 4.84. The first-order valence-corrected chi connectivity index (χ1v) is 6.67. The molecule has 20 heavy (non-hydrogen) atoms. The highest BCUT2D eigenvalue weighted by atomic mass is 16.2. The Morgan fingerprint density at radius 1 is 1.35 bits per heavy atom. The quantitative estimate of drug-likeness (QED) is 0.385. The van der Waals surface area contributed by atoms with E-state index >= 15 is 0 Å². The Hall–Kier alpha value is -1.92. The molecule has 0 aromatic heterocycles. The first-order chi connectivity index (χ1) is 9.61. The van der Waals surface area contributed by atoms with Gasteiger partial charge in [-0.2, -0.15) is 0 Å². The third-order valence-electron chi connectivity index (χ3n) is 3.28. The predicted octanol–water partition coefficient (Wildman–Crippen LogP) is -0.0720. The van der Waals surface area contributed by atoms with E-state index < -0.39 is 6.04 Å². The summed E-state index contributed by atoms with van der Waals surface area (Å²) in [6.07, 6.45) is 2.09. The normalized spacial score (nSPS) is 15.8. The number of nitrogens with two attached hydrogens (primary N) is 1. The average Bonchev–Trinajstić information content (AvgIpc) is 3.23. The lowest BCUT2D eigenvalue weighted by atomic mass is 10.1. The van der Waals surface area contributed by atoms with E-state index in [4.69, 9.17) is 5.84 Å². The molecule has 1 atom stereocenters. The second-order valence-corrected chi connectivity index (χ2v) is 5.08. The molecule has 1 aliphatic rings. The molecule has 1 unspecified atom stereocenters. The zero-order valence-electron chi connectivity index (χ0n) is 11.5. The number of hydrogen-bond acceptors (Lipinski definition) is 4. The smallest absolute Gasteiger partial charge is 0.255 e. The van der Waals surface area contributed by atoms with E-state index in [9.17, 15) is 9.59 Å². The number of nitrogens with zero attached hydrogens (tertiary/aromatic N) is 1. The van der Waals surface area contributed by atoms with E-state index in [1.807, 2.05) is 30.3 Å². The number of benzene rings is 1. The zero-order valence-corrected chi connectivity index (χ0v) is 11.5. The summed E-state index contributed by atoms with van der Waals surface area (Å²) in [5, 5.41) is 2.90. The second kappa shape index (κ2) is 6.49. The molecule has 108 valence electrons. The van der Waals surface area contributed by atoms with Crippen LogP contribution in [0.2, 0.25) is 0 Å². The van der Waals surface area contributed by atoms with Crippen molar-refractivity contribution in [2.45, 2.75) is 24.9 Å². The highest BCUT2D eigenvalue weighted by Crippen LogP contribution is 2.20. The number of likely N-dealkylation sites (N-methyl/N-ethyl adjacent to an activating group) is 1. The van der Waals surface area contributed by atoms with Crippen LogP contribution in [0.5, 0.6) is 0 Å². The minimum atomic E-state index is -0.578. The van der Waals surface area contributed by atoms with Crippen molar-refractivity contribution in [3.8, 4) is 0 Å². The Kier molecular flexibility index (Phi) is 4.70. The Morgan fingerprint density at radius 2 is 2.00 bits per heavy atom. The number of hydrazine groups is 1. The molecule has 2 rings (SSSR count). The van der Waals surface area contributed by atoms with Crippen molar-refractivity contribution in [1.29, 1.82) is 0 Å². The molecule has 1 aliphatic carbocycles.